The summed E-state index contributed by atoms with van der Waals surface area (Å²) in [7, 11) is 0. The Labute approximate surface area is 143 Å². The summed E-state index contributed by atoms with van der Waals surface area (Å²) in [5, 5.41) is 0. The van der Waals surface area contributed by atoms with Crippen molar-refractivity contribution >= 4 is 0 Å². The number of hydrogen-bond acceptors (Lipinski definition) is 0. The number of benzene rings is 2. The van der Waals surface area contributed by atoms with Crippen LogP contribution in [0.25, 0.3) is 0 Å². The summed E-state index contributed by atoms with van der Waals surface area (Å²) in [5.41, 5.74) is 17.7. The Morgan fingerprint density at radius 3 is 0.696 bits per heavy atom. The predicted octanol–water partition coefficient (Wildman–Crippen LogP) is 6.36. The van der Waals surface area contributed by atoms with Crippen LogP contribution >= 0.6 is 0 Å². The topological polar surface area (TPSA) is 0 Å². The molecule has 0 bridgehead atoms. The summed E-state index contributed by atoms with van der Waals surface area (Å²) in [6.45, 7) is 22.8. The third-order valence-electron chi connectivity index (χ3n) is 6.66. The molecule has 2 aromatic carbocycles. The van der Waals surface area contributed by atoms with Crippen molar-refractivity contribution in [2.75, 3.05) is 0 Å². The molecule has 0 radical (unpaired) electrons. The lowest BCUT2D eigenvalue weighted by molar-refractivity contribution is 1.02. The summed E-state index contributed by atoms with van der Waals surface area (Å²) in [6.07, 6.45) is 1.05. The number of hydrogen-bond donors (Lipinski definition) is 0. The van der Waals surface area contributed by atoms with Gasteiger partial charge in [-0.25, -0.2) is 0 Å². The van der Waals surface area contributed by atoms with Crippen molar-refractivity contribution in [1.82, 2.24) is 0 Å². The molecular formula is C23H32. The van der Waals surface area contributed by atoms with Crippen molar-refractivity contribution in [3.63, 3.8) is 0 Å². The van der Waals surface area contributed by atoms with Gasteiger partial charge >= 0.3 is 0 Å². The molecule has 0 saturated carbocycles. The minimum absolute atomic E-state index is 1.05. The average molecular weight is 309 g/mol. The maximum Gasteiger partial charge on any atom is -0.00149 e. The van der Waals surface area contributed by atoms with Crippen LogP contribution in [0.5, 0.6) is 0 Å². The maximum atomic E-state index is 2.29. The monoisotopic (exact) mass is 308 g/mol. The van der Waals surface area contributed by atoms with Gasteiger partial charge in [0.2, 0.25) is 0 Å². The highest BCUT2D eigenvalue weighted by Crippen LogP contribution is 2.32. The fraction of sp³-hybridized carbons (Fsp3) is 0.478. The van der Waals surface area contributed by atoms with Crippen LogP contribution in [0, 0.1) is 69.2 Å². The first kappa shape index (κ1) is 17.8. The Morgan fingerprint density at radius 2 is 0.478 bits per heavy atom. The summed E-state index contributed by atoms with van der Waals surface area (Å²) in [5.74, 6) is 0. The molecule has 0 aromatic heterocycles. The van der Waals surface area contributed by atoms with Gasteiger partial charge in [0.15, 0.2) is 0 Å². The Morgan fingerprint density at radius 1 is 0.304 bits per heavy atom. The second-order valence-electron chi connectivity index (χ2n) is 7.38. The molecule has 0 N–H and O–H groups in total. The molecule has 0 heterocycles. The zero-order valence-corrected chi connectivity index (χ0v) is 16.7. The van der Waals surface area contributed by atoms with Crippen LogP contribution in [0.15, 0.2) is 0 Å². The molecule has 0 aliphatic heterocycles. The van der Waals surface area contributed by atoms with E-state index in [1.807, 2.05) is 0 Å². The van der Waals surface area contributed by atoms with E-state index in [-0.39, 0.29) is 0 Å². The maximum absolute atomic E-state index is 2.29. The molecule has 0 aliphatic carbocycles. The lowest BCUT2D eigenvalue weighted by atomic mass is 9.82. The van der Waals surface area contributed by atoms with Gasteiger partial charge < -0.3 is 0 Å². The van der Waals surface area contributed by atoms with Gasteiger partial charge in [0.25, 0.3) is 0 Å². The van der Waals surface area contributed by atoms with E-state index in [4.69, 9.17) is 0 Å². The highest BCUT2D eigenvalue weighted by atomic mass is 14.2. The van der Waals surface area contributed by atoms with Gasteiger partial charge in [0, 0.05) is 0 Å². The van der Waals surface area contributed by atoms with Crippen molar-refractivity contribution in [2.45, 2.75) is 75.7 Å². The first-order chi connectivity index (χ1) is 10.6. The zero-order valence-electron chi connectivity index (χ0n) is 16.7. The molecule has 2 rings (SSSR count). The van der Waals surface area contributed by atoms with E-state index in [1.165, 1.54) is 66.8 Å². The first-order valence-corrected chi connectivity index (χ1v) is 8.71. The van der Waals surface area contributed by atoms with E-state index >= 15 is 0 Å². The van der Waals surface area contributed by atoms with E-state index in [1.54, 1.807) is 0 Å². The van der Waals surface area contributed by atoms with Crippen LogP contribution < -0.4 is 0 Å². The standard InChI is InChI=1S/C23H32/c1-12-14(3)18(7)22(19(8)15(12)4)11-23-20(9)16(5)13(2)17(6)21(23)10/h11H2,1-10H3. The largest absolute Gasteiger partial charge is 0.0447 e. The second kappa shape index (κ2) is 6.15. The molecular weight excluding hydrogens is 276 g/mol. The van der Waals surface area contributed by atoms with Crippen LogP contribution in [0.4, 0.5) is 0 Å². The third-order valence-corrected chi connectivity index (χ3v) is 6.66. The van der Waals surface area contributed by atoms with Gasteiger partial charge in [0.05, 0.1) is 0 Å². The molecule has 0 unspecified atom stereocenters. The molecule has 0 nitrogen and oxygen atoms in total. The van der Waals surface area contributed by atoms with Gasteiger partial charge in [-0.1, -0.05) is 0 Å². The molecule has 0 amide bonds. The van der Waals surface area contributed by atoms with Gasteiger partial charge in [-0.2, -0.15) is 0 Å². The van der Waals surface area contributed by atoms with E-state index in [0.29, 0.717) is 0 Å². The summed E-state index contributed by atoms with van der Waals surface area (Å²) < 4.78 is 0. The zero-order chi connectivity index (χ0) is 17.6. The lowest BCUT2D eigenvalue weighted by Crippen LogP contribution is -2.08. The predicted molar refractivity (Wildman–Crippen MR) is 103 cm³/mol. The molecule has 0 heteroatoms. The van der Waals surface area contributed by atoms with Crippen LogP contribution in [0.3, 0.4) is 0 Å². The molecule has 0 atom stereocenters. The van der Waals surface area contributed by atoms with Crippen LogP contribution in [0.1, 0.15) is 66.8 Å². The van der Waals surface area contributed by atoms with Crippen molar-refractivity contribution < 1.29 is 0 Å². The lowest BCUT2D eigenvalue weighted by Gasteiger charge is -2.23. The van der Waals surface area contributed by atoms with E-state index in [9.17, 15) is 0 Å². The minimum atomic E-state index is 1.05. The van der Waals surface area contributed by atoms with Crippen molar-refractivity contribution in [3.8, 4) is 0 Å². The molecule has 23 heavy (non-hydrogen) atoms. The first-order valence-electron chi connectivity index (χ1n) is 8.71. The van der Waals surface area contributed by atoms with E-state index in [2.05, 4.69) is 69.2 Å². The molecule has 2 aromatic rings. The highest BCUT2D eigenvalue weighted by Gasteiger charge is 2.17. The van der Waals surface area contributed by atoms with Crippen molar-refractivity contribution in [1.29, 1.82) is 0 Å². The molecule has 0 aliphatic rings. The highest BCUT2D eigenvalue weighted by molar-refractivity contribution is 5.55. The van der Waals surface area contributed by atoms with Crippen LogP contribution in [-0.2, 0) is 6.42 Å². The normalized spacial score (nSPS) is 11.2. The van der Waals surface area contributed by atoms with Crippen LogP contribution in [0.2, 0.25) is 0 Å². The van der Waals surface area contributed by atoms with E-state index < -0.39 is 0 Å². The second-order valence-corrected chi connectivity index (χ2v) is 7.38. The Hall–Kier alpha value is -1.56. The van der Waals surface area contributed by atoms with Gasteiger partial charge in [0.1, 0.15) is 0 Å². The van der Waals surface area contributed by atoms with Gasteiger partial charge in [-0.3, -0.25) is 0 Å². The Balaban J connectivity index is 2.71. The minimum Gasteiger partial charge on any atom is -0.0447 e. The quantitative estimate of drug-likeness (QED) is 0.605. The Bertz CT molecular complexity index is 663. The summed E-state index contributed by atoms with van der Waals surface area (Å²) in [4.78, 5) is 0. The molecule has 0 fully saturated rings. The van der Waals surface area contributed by atoms with Crippen molar-refractivity contribution in [3.05, 3.63) is 66.8 Å². The molecule has 0 spiro atoms. The van der Waals surface area contributed by atoms with Gasteiger partial charge in [-0.05, 0) is 142 Å². The summed E-state index contributed by atoms with van der Waals surface area (Å²) >= 11 is 0. The molecule has 0 saturated heterocycles. The van der Waals surface area contributed by atoms with Crippen LogP contribution in [-0.4, -0.2) is 0 Å². The summed E-state index contributed by atoms with van der Waals surface area (Å²) in [6, 6.07) is 0. The Kier molecular flexibility index (Phi) is 4.76. The fourth-order valence-electron chi connectivity index (χ4n) is 3.86. The van der Waals surface area contributed by atoms with Crippen molar-refractivity contribution in [2.24, 2.45) is 0 Å². The third kappa shape index (κ3) is 2.73. The SMILES string of the molecule is Cc1c(C)c(C)c(Cc2c(C)c(C)c(C)c(C)c2C)c(C)c1C. The smallest absolute Gasteiger partial charge is 0.00149 e. The average Bonchev–Trinajstić information content (AvgIpc) is 2.54. The molecule has 124 valence electrons. The fourth-order valence-corrected chi connectivity index (χ4v) is 3.86. The number of rotatable bonds is 2. The van der Waals surface area contributed by atoms with Gasteiger partial charge in [-0.15, -0.1) is 0 Å². The van der Waals surface area contributed by atoms with E-state index in [0.717, 1.165) is 6.42 Å².